The van der Waals surface area contributed by atoms with Crippen LogP contribution in [0.25, 0.3) is 5.76 Å². The molecule has 0 radical (unpaired) electrons. The Kier molecular flexibility index (Phi) is 8.96. The zero-order valence-corrected chi connectivity index (χ0v) is 25.3. The van der Waals surface area contributed by atoms with Gasteiger partial charge < -0.3 is 24.1 Å². The number of benzene rings is 3. The average molecular weight is 615 g/mol. The van der Waals surface area contributed by atoms with Crippen molar-refractivity contribution < 1.29 is 38.4 Å². The number of aromatic nitrogens is 1. The molecule has 0 bridgehead atoms. The second kappa shape index (κ2) is 13.0. The molecule has 11 heteroatoms. The molecule has 1 fully saturated rings. The number of ketones is 1. The summed E-state index contributed by atoms with van der Waals surface area (Å²) in [6.45, 7) is 3.82. The Morgan fingerprint density at radius 1 is 0.977 bits per heavy atom. The lowest BCUT2D eigenvalue weighted by atomic mass is 9.94. The van der Waals surface area contributed by atoms with E-state index in [1.807, 2.05) is 30.3 Å². The van der Waals surface area contributed by atoms with Gasteiger partial charge in [-0.2, -0.15) is 0 Å². The standard InChI is InChI=1S/C33H30N2O8S/c1-5-42-32(39)30-19(2)34-33(44-30)35-26(23-12-9-13-24(40-3)29(23)41-4)25(28(37)31(35)38)27(36)21-14-16-22(17-15-21)43-18-20-10-7-6-8-11-20/h6-17,26,36H,5,18H2,1-4H3/b27-25+. The number of amides is 1. The highest BCUT2D eigenvalue weighted by Gasteiger charge is 2.49. The maximum absolute atomic E-state index is 13.7. The average Bonchev–Trinajstić information content (AvgIpc) is 3.55. The summed E-state index contributed by atoms with van der Waals surface area (Å²) in [5.74, 6) is -1.65. The monoisotopic (exact) mass is 614 g/mol. The molecule has 2 heterocycles. The number of carbonyl (C=O) groups excluding carboxylic acids is 3. The summed E-state index contributed by atoms with van der Waals surface area (Å²) >= 11 is 0.922. The van der Waals surface area contributed by atoms with Crippen LogP contribution >= 0.6 is 11.3 Å². The molecule has 1 aliphatic rings. The Bertz CT molecular complexity index is 1730. The minimum atomic E-state index is -1.16. The van der Waals surface area contributed by atoms with Gasteiger partial charge in [0.15, 0.2) is 16.6 Å². The number of carbonyl (C=O) groups is 3. The van der Waals surface area contributed by atoms with Gasteiger partial charge in [0.1, 0.15) is 29.0 Å². The molecule has 0 aliphatic carbocycles. The van der Waals surface area contributed by atoms with Crippen LogP contribution in [0.2, 0.25) is 0 Å². The molecule has 1 aliphatic heterocycles. The highest BCUT2D eigenvalue weighted by Crippen LogP contribution is 2.48. The van der Waals surface area contributed by atoms with E-state index in [0.29, 0.717) is 34.9 Å². The largest absolute Gasteiger partial charge is 0.507 e. The van der Waals surface area contributed by atoms with Crippen LogP contribution in [-0.4, -0.2) is 48.6 Å². The van der Waals surface area contributed by atoms with E-state index in [1.165, 1.54) is 19.1 Å². The summed E-state index contributed by atoms with van der Waals surface area (Å²) in [4.78, 5) is 45.7. The number of nitrogens with zero attached hydrogens (tertiary/aromatic N) is 2. The summed E-state index contributed by atoms with van der Waals surface area (Å²) in [6.07, 6.45) is 0. The first-order valence-corrected chi connectivity index (χ1v) is 14.5. The van der Waals surface area contributed by atoms with Crippen LogP contribution < -0.4 is 19.1 Å². The molecular formula is C33H30N2O8S. The molecule has 226 valence electrons. The predicted octanol–water partition coefficient (Wildman–Crippen LogP) is 5.85. The second-order valence-electron chi connectivity index (χ2n) is 9.68. The third kappa shape index (κ3) is 5.73. The van der Waals surface area contributed by atoms with Crippen molar-refractivity contribution in [2.45, 2.75) is 26.5 Å². The summed E-state index contributed by atoms with van der Waals surface area (Å²) in [5, 5.41) is 11.7. The summed E-state index contributed by atoms with van der Waals surface area (Å²) in [6, 6.07) is 20.1. The zero-order valence-electron chi connectivity index (χ0n) is 24.5. The normalized spacial score (nSPS) is 15.7. The van der Waals surface area contributed by atoms with E-state index in [2.05, 4.69) is 4.98 Å². The zero-order chi connectivity index (χ0) is 31.4. The van der Waals surface area contributed by atoms with Crippen molar-refractivity contribution in [1.82, 2.24) is 4.98 Å². The molecule has 3 aromatic carbocycles. The molecular weight excluding hydrogens is 584 g/mol. The molecule has 1 saturated heterocycles. The summed E-state index contributed by atoms with van der Waals surface area (Å²) < 4.78 is 22.1. The number of rotatable bonds is 10. The first kappa shape index (κ1) is 30.3. The van der Waals surface area contributed by atoms with E-state index in [-0.39, 0.29) is 27.9 Å². The molecule has 1 unspecified atom stereocenters. The van der Waals surface area contributed by atoms with Gasteiger partial charge in [-0.3, -0.25) is 14.5 Å². The molecule has 1 amide bonds. The second-order valence-corrected chi connectivity index (χ2v) is 10.7. The molecule has 0 spiro atoms. The number of hydrogen-bond acceptors (Lipinski definition) is 10. The van der Waals surface area contributed by atoms with Gasteiger partial charge in [0.25, 0.3) is 5.78 Å². The number of ether oxygens (including phenoxy) is 4. The predicted molar refractivity (Wildman–Crippen MR) is 164 cm³/mol. The van der Waals surface area contributed by atoms with Crippen molar-refractivity contribution in [3.05, 3.63) is 106 Å². The van der Waals surface area contributed by atoms with Gasteiger partial charge in [-0.05, 0) is 49.7 Å². The number of aliphatic hydroxyl groups excluding tert-OH is 1. The SMILES string of the molecule is CCOC(=O)c1sc(N2C(=O)C(=O)/C(=C(/O)c3ccc(OCc4ccccc4)cc3)C2c2cccc(OC)c2OC)nc1C. The van der Waals surface area contributed by atoms with Crippen LogP contribution in [-0.2, 0) is 20.9 Å². The van der Waals surface area contributed by atoms with E-state index in [0.717, 1.165) is 16.9 Å². The van der Waals surface area contributed by atoms with Crippen molar-refractivity contribution in [2.24, 2.45) is 0 Å². The van der Waals surface area contributed by atoms with Crippen molar-refractivity contribution in [2.75, 3.05) is 25.7 Å². The number of thiazole rings is 1. The number of methoxy groups -OCH3 is 2. The highest BCUT2D eigenvalue weighted by atomic mass is 32.1. The van der Waals surface area contributed by atoms with Gasteiger partial charge in [0.2, 0.25) is 0 Å². The maximum Gasteiger partial charge on any atom is 0.350 e. The Morgan fingerprint density at radius 3 is 2.36 bits per heavy atom. The first-order valence-electron chi connectivity index (χ1n) is 13.7. The number of aliphatic hydroxyl groups is 1. The molecule has 1 atom stereocenters. The molecule has 10 nitrogen and oxygen atoms in total. The van der Waals surface area contributed by atoms with E-state index < -0.39 is 29.5 Å². The fourth-order valence-electron chi connectivity index (χ4n) is 4.93. The first-order chi connectivity index (χ1) is 21.3. The molecule has 0 saturated carbocycles. The third-order valence-electron chi connectivity index (χ3n) is 7.00. The van der Waals surface area contributed by atoms with Crippen LogP contribution in [0.3, 0.4) is 0 Å². The van der Waals surface area contributed by atoms with Crippen molar-refractivity contribution in [1.29, 1.82) is 0 Å². The quantitative estimate of drug-likeness (QED) is 0.101. The van der Waals surface area contributed by atoms with Crippen LogP contribution in [0.5, 0.6) is 17.2 Å². The Hall–Kier alpha value is -5.16. The third-order valence-corrected chi connectivity index (χ3v) is 8.14. The lowest BCUT2D eigenvalue weighted by Gasteiger charge is -2.25. The van der Waals surface area contributed by atoms with Crippen LogP contribution in [0, 0.1) is 6.92 Å². The van der Waals surface area contributed by atoms with E-state index in [4.69, 9.17) is 18.9 Å². The van der Waals surface area contributed by atoms with Crippen molar-refractivity contribution >= 4 is 39.9 Å². The number of Topliss-reactive ketones (excluding diaryl/α,β-unsaturated/α-hetero) is 1. The number of para-hydroxylation sites is 1. The number of esters is 1. The maximum atomic E-state index is 13.7. The summed E-state index contributed by atoms with van der Waals surface area (Å²) in [5.41, 5.74) is 1.83. The minimum Gasteiger partial charge on any atom is -0.507 e. The van der Waals surface area contributed by atoms with Crippen molar-refractivity contribution in [3.8, 4) is 17.2 Å². The van der Waals surface area contributed by atoms with Gasteiger partial charge in [-0.15, -0.1) is 0 Å². The van der Waals surface area contributed by atoms with Crippen molar-refractivity contribution in [3.63, 3.8) is 0 Å². The van der Waals surface area contributed by atoms with Crippen LogP contribution in [0.1, 0.15) is 45.0 Å². The Balaban J connectivity index is 1.60. The molecule has 44 heavy (non-hydrogen) atoms. The van der Waals surface area contributed by atoms with E-state index in [9.17, 15) is 19.5 Å². The van der Waals surface area contributed by atoms with Gasteiger partial charge in [0, 0.05) is 11.1 Å². The Morgan fingerprint density at radius 2 is 1.70 bits per heavy atom. The van der Waals surface area contributed by atoms with Gasteiger partial charge in [-0.1, -0.05) is 53.8 Å². The minimum absolute atomic E-state index is 0.0891. The van der Waals surface area contributed by atoms with Gasteiger partial charge >= 0.3 is 11.9 Å². The lowest BCUT2D eigenvalue weighted by molar-refractivity contribution is -0.132. The smallest absolute Gasteiger partial charge is 0.350 e. The molecule has 1 aromatic heterocycles. The lowest BCUT2D eigenvalue weighted by Crippen LogP contribution is -2.29. The molecule has 5 rings (SSSR count). The fourth-order valence-corrected chi connectivity index (χ4v) is 5.92. The number of anilines is 1. The topological polar surface area (TPSA) is 124 Å². The van der Waals surface area contributed by atoms with E-state index >= 15 is 0 Å². The van der Waals surface area contributed by atoms with Gasteiger partial charge in [-0.25, -0.2) is 9.78 Å². The van der Waals surface area contributed by atoms with Crippen LogP contribution in [0.4, 0.5) is 5.13 Å². The van der Waals surface area contributed by atoms with Crippen LogP contribution in [0.15, 0.2) is 78.4 Å². The molecule has 1 N–H and O–H groups in total. The summed E-state index contributed by atoms with van der Waals surface area (Å²) in [7, 11) is 2.91. The number of hydrogen-bond donors (Lipinski definition) is 1. The van der Waals surface area contributed by atoms with Gasteiger partial charge in [0.05, 0.1) is 32.1 Å². The highest BCUT2D eigenvalue weighted by molar-refractivity contribution is 7.17. The number of aryl methyl sites for hydroxylation is 1. The molecule has 4 aromatic rings. The fraction of sp³-hybridized carbons (Fsp3) is 0.212. The van der Waals surface area contributed by atoms with E-state index in [1.54, 1.807) is 56.3 Å². The Labute approximate surface area is 258 Å².